The summed E-state index contributed by atoms with van der Waals surface area (Å²) in [5, 5.41) is 11.1. The van der Waals surface area contributed by atoms with Gasteiger partial charge in [0.15, 0.2) is 0 Å². The molecular weight excluding hydrogens is 397 g/mol. The minimum Gasteiger partial charge on any atom is -0.507 e. The number of aliphatic hydroxyl groups is 1. The number of Topliss-reactive ketones (excluding diaryl/α,β-unsaturated/α-hetero) is 1. The number of benzene rings is 2. The van der Waals surface area contributed by atoms with Crippen LogP contribution in [0.4, 0.5) is 4.39 Å². The predicted octanol–water partition coefficient (Wildman–Crippen LogP) is 4.90. The Hall–Kier alpha value is -3.15. The molecule has 1 amide bonds. The molecule has 1 saturated heterocycles. The number of carbonyl (C=O) groups is 2. The van der Waals surface area contributed by atoms with Crippen molar-refractivity contribution in [2.45, 2.75) is 51.6 Å². The molecule has 2 fully saturated rings. The lowest BCUT2D eigenvalue weighted by Crippen LogP contribution is -2.37. The Kier molecular flexibility index (Phi) is 5.81. The highest BCUT2D eigenvalue weighted by atomic mass is 19.1. The van der Waals surface area contributed by atoms with E-state index < -0.39 is 23.5 Å². The summed E-state index contributed by atoms with van der Waals surface area (Å²) in [5.41, 5.74) is 1.41. The van der Waals surface area contributed by atoms with E-state index in [9.17, 15) is 19.1 Å². The van der Waals surface area contributed by atoms with Crippen LogP contribution in [0.25, 0.3) is 5.76 Å². The molecule has 0 bridgehead atoms. The molecule has 4 rings (SSSR count). The molecule has 162 valence electrons. The molecule has 5 nitrogen and oxygen atoms in total. The van der Waals surface area contributed by atoms with Crippen LogP contribution in [0.1, 0.15) is 55.3 Å². The first-order valence-electron chi connectivity index (χ1n) is 10.7. The summed E-state index contributed by atoms with van der Waals surface area (Å²) in [6, 6.07) is 10.7. The number of aliphatic hydroxyl groups excluding tert-OH is 1. The van der Waals surface area contributed by atoms with Crippen molar-refractivity contribution < 1.29 is 23.8 Å². The molecule has 1 aliphatic heterocycles. The number of aryl methyl sites for hydroxylation is 1. The Morgan fingerprint density at radius 3 is 2.58 bits per heavy atom. The quantitative estimate of drug-likeness (QED) is 0.422. The van der Waals surface area contributed by atoms with Gasteiger partial charge in [0.2, 0.25) is 0 Å². The van der Waals surface area contributed by atoms with Crippen LogP contribution >= 0.6 is 0 Å². The van der Waals surface area contributed by atoms with Crippen LogP contribution in [-0.2, 0) is 9.59 Å². The van der Waals surface area contributed by atoms with Crippen molar-refractivity contribution in [2.75, 3.05) is 6.61 Å². The second-order valence-electron chi connectivity index (χ2n) is 8.11. The van der Waals surface area contributed by atoms with E-state index in [0.29, 0.717) is 29.0 Å². The second-order valence-corrected chi connectivity index (χ2v) is 8.11. The van der Waals surface area contributed by atoms with Crippen molar-refractivity contribution in [1.82, 2.24) is 4.90 Å². The standard InChI is InChI=1S/C25H26FNO4/c1-3-31-19-10-6-7-16(14-19)22-21(23(28)17-11-12-20(26)15(2)13-17)24(29)25(30)27(22)18-8-4-5-9-18/h6-7,10-14,18,22,28H,3-5,8-9H2,1-2H3/b23-21-. The molecule has 2 aromatic carbocycles. The second kappa shape index (κ2) is 8.53. The Morgan fingerprint density at radius 1 is 1.16 bits per heavy atom. The number of nitrogens with zero attached hydrogens (tertiary/aromatic N) is 1. The number of ether oxygens (including phenoxy) is 1. The van der Waals surface area contributed by atoms with Crippen LogP contribution in [0.5, 0.6) is 5.75 Å². The maximum atomic E-state index is 13.8. The zero-order valence-electron chi connectivity index (χ0n) is 17.7. The van der Waals surface area contributed by atoms with Gasteiger partial charge in [0.1, 0.15) is 17.3 Å². The third-order valence-electron chi connectivity index (χ3n) is 6.11. The number of likely N-dealkylation sites (tertiary alicyclic amines) is 1. The van der Waals surface area contributed by atoms with Crippen LogP contribution in [0.2, 0.25) is 0 Å². The van der Waals surface area contributed by atoms with Crippen molar-refractivity contribution in [1.29, 1.82) is 0 Å². The van der Waals surface area contributed by atoms with E-state index in [4.69, 9.17) is 4.74 Å². The van der Waals surface area contributed by atoms with Gasteiger partial charge in [-0.3, -0.25) is 9.59 Å². The minimum absolute atomic E-state index is 0.0385. The molecule has 0 spiro atoms. The van der Waals surface area contributed by atoms with Gasteiger partial charge in [-0.2, -0.15) is 0 Å². The Bertz CT molecular complexity index is 1060. The highest BCUT2D eigenvalue weighted by Gasteiger charge is 2.49. The average molecular weight is 423 g/mol. The third-order valence-corrected chi connectivity index (χ3v) is 6.11. The van der Waals surface area contributed by atoms with E-state index in [1.54, 1.807) is 11.8 Å². The zero-order chi connectivity index (χ0) is 22.1. The van der Waals surface area contributed by atoms with Crippen LogP contribution < -0.4 is 4.74 Å². The van der Waals surface area contributed by atoms with Crippen molar-refractivity contribution in [2.24, 2.45) is 0 Å². The highest BCUT2D eigenvalue weighted by molar-refractivity contribution is 6.46. The van der Waals surface area contributed by atoms with Crippen LogP contribution in [0.15, 0.2) is 48.0 Å². The molecule has 0 aromatic heterocycles. The molecule has 1 saturated carbocycles. The lowest BCUT2D eigenvalue weighted by atomic mass is 9.94. The van der Waals surface area contributed by atoms with Gasteiger partial charge in [-0.15, -0.1) is 0 Å². The highest BCUT2D eigenvalue weighted by Crippen LogP contribution is 2.44. The normalized spacial score (nSPS) is 21.1. The maximum Gasteiger partial charge on any atom is 0.295 e. The smallest absolute Gasteiger partial charge is 0.295 e. The lowest BCUT2D eigenvalue weighted by molar-refractivity contribution is -0.141. The van der Waals surface area contributed by atoms with Gasteiger partial charge in [0.05, 0.1) is 18.2 Å². The van der Waals surface area contributed by atoms with E-state index in [1.807, 2.05) is 31.2 Å². The summed E-state index contributed by atoms with van der Waals surface area (Å²) in [6.07, 6.45) is 3.64. The predicted molar refractivity (Wildman–Crippen MR) is 115 cm³/mol. The van der Waals surface area contributed by atoms with Gasteiger partial charge in [-0.25, -0.2) is 4.39 Å². The molecule has 1 unspecified atom stereocenters. The van der Waals surface area contributed by atoms with Crippen molar-refractivity contribution in [3.05, 3.63) is 70.5 Å². The van der Waals surface area contributed by atoms with Crippen LogP contribution in [0, 0.1) is 12.7 Å². The molecule has 2 aliphatic rings. The molecule has 0 radical (unpaired) electrons. The number of hydrogen-bond acceptors (Lipinski definition) is 4. The first-order chi connectivity index (χ1) is 14.9. The summed E-state index contributed by atoms with van der Waals surface area (Å²) in [7, 11) is 0. The minimum atomic E-state index is -0.714. The number of halogens is 1. The van der Waals surface area contributed by atoms with Gasteiger partial charge >= 0.3 is 0 Å². The fourth-order valence-electron chi connectivity index (χ4n) is 4.62. The summed E-state index contributed by atoms with van der Waals surface area (Å²) < 4.78 is 19.4. The zero-order valence-corrected chi connectivity index (χ0v) is 17.7. The fraction of sp³-hybridized carbons (Fsp3) is 0.360. The van der Waals surface area contributed by atoms with Crippen molar-refractivity contribution in [3.8, 4) is 5.75 Å². The van der Waals surface area contributed by atoms with Gasteiger partial charge in [-0.05, 0) is 68.1 Å². The number of carbonyl (C=O) groups excluding carboxylic acids is 2. The van der Waals surface area contributed by atoms with E-state index in [1.165, 1.54) is 18.2 Å². The summed E-state index contributed by atoms with van der Waals surface area (Å²) in [6.45, 7) is 3.96. The van der Waals surface area contributed by atoms with E-state index in [0.717, 1.165) is 25.7 Å². The van der Waals surface area contributed by atoms with Crippen molar-refractivity contribution >= 4 is 17.4 Å². The summed E-state index contributed by atoms with van der Waals surface area (Å²) in [5.74, 6) is -1.36. The topological polar surface area (TPSA) is 66.8 Å². The number of rotatable bonds is 5. The summed E-state index contributed by atoms with van der Waals surface area (Å²) in [4.78, 5) is 27.8. The van der Waals surface area contributed by atoms with Gasteiger partial charge in [-0.1, -0.05) is 25.0 Å². The van der Waals surface area contributed by atoms with E-state index in [-0.39, 0.29) is 17.4 Å². The van der Waals surface area contributed by atoms with Gasteiger partial charge < -0.3 is 14.7 Å². The average Bonchev–Trinajstić information content (AvgIpc) is 3.37. The first-order valence-corrected chi connectivity index (χ1v) is 10.7. The number of ketones is 1. The molecule has 2 aromatic rings. The first kappa shape index (κ1) is 21.1. The molecule has 1 heterocycles. The van der Waals surface area contributed by atoms with Crippen molar-refractivity contribution in [3.63, 3.8) is 0 Å². The number of amides is 1. The molecule has 1 atom stereocenters. The monoisotopic (exact) mass is 423 g/mol. The van der Waals surface area contributed by atoms with E-state index in [2.05, 4.69) is 0 Å². The SMILES string of the molecule is CCOc1cccc(C2/C(=C(/O)c3ccc(F)c(C)c3)C(=O)C(=O)N2C2CCCC2)c1. The molecular formula is C25H26FNO4. The van der Waals surface area contributed by atoms with Gasteiger partial charge in [0, 0.05) is 11.6 Å². The van der Waals surface area contributed by atoms with Crippen LogP contribution in [0.3, 0.4) is 0 Å². The lowest BCUT2D eigenvalue weighted by Gasteiger charge is -2.31. The van der Waals surface area contributed by atoms with E-state index >= 15 is 0 Å². The molecule has 31 heavy (non-hydrogen) atoms. The molecule has 1 aliphatic carbocycles. The third kappa shape index (κ3) is 3.82. The Balaban J connectivity index is 1.88. The van der Waals surface area contributed by atoms with Gasteiger partial charge in [0.25, 0.3) is 11.7 Å². The fourth-order valence-corrected chi connectivity index (χ4v) is 4.62. The Labute approximate surface area is 181 Å². The molecule has 1 N–H and O–H groups in total. The maximum absolute atomic E-state index is 13.8. The Morgan fingerprint density at radius 2 is 1.90 bits per heavy atom. The summed E-state index contributed by atoms with van der Waals surface area (Å²) >= 11 is 0. The molecule has 6 heteroatoms. The van der Waals surface area contributed by atoms with Crippen LogP contribution in [-0.4, -0.2) is 34.3 Å². The largest absolute Gasteiger partial charge is 0.507 e. The number of hydrogen-bond donors (Lipinski definition) is 1.